The first-order valence-electron chi connectivity index (χ1n) is 6.67. The van der Waals surface area contributed by atoms with Gasteiger partial charge in [-0.15, -0.1) is 0 Å². The third-order valence-corrected chi connectivity index (χ3v) is 4.19. The average Bonchev–Trinajstić information content (AvgIpc) is 2.42. The SMILES string of the molecule is Cc1ccc(N(C)C(=O)Cc2c(Cl)cccc2Cl)c(C)c1. The van der Waals surface area contributed by atoms with Gasteiger partial charge in [0.15, 0.2) is 0 Å². The maximum Gasteiger partial charge on any atom is 0.231 e. The fourth-order valence-electron chi connectivity index (χ4n) is 2.29. The van der Waals surface area contributed by atoms with E-state index >= 15 is 0 Å². The number of carbonyl (C=O) groups is 1. The number of amides is 1. The van der Waals surface area contributed by atoms with E-state index < -0.39 is 0 Å². The second-order valence-corrected chi connectivity index (χ2v) is 5.93. The molecule has 2 aromatic carbocycles. The molecule has 0 fully saturated rings. The van der Waals surface area contributed by atoms with E-state index in [4.69, 9.17) is 23.2 Å². The maximum atomic E-state index is 12.5. The van der Waals surface area contributed by atoms with Crippen molar-refractivity contribution in [3.63, 3.8) is 0 Å². The van der Waals surface area contributed by atoms with E-state index in [0.717, 1.165) is 11.3 Å². The standard InChI is InChI=1S/C17H17Cl2NO/c1-11-7-8-16(12(2)9-11)20(3)17(21)10-13-14(18)5-4-6-15(13)19/h4-9H,10H2,1-3H3. The van der Waals surface area contributed by atoms with Gasteiger partial charge < -0.3 is 4.90 Å². The van der Waals surface area contributed by atoms with Crippen LogP contribution in [0.3, 0.4) is 0 Å². The second-order valence-electron chi connectivity index (χ2n) is 5.12. The molecule has 4 heteroatoms. The van der Waals surface area contributed by atoms with Crippen LogP contribution in [0, 0.1) is 13.8 Å². The van der Waals surface area contributed by atoms with Crippen molar-refractivity contribution in [1.29, 1.82) is 0 Å². The molecule has 0 unspecified atom stereocenters. The Morgan fingerprint density at radius 1 is 1.10 bits per heavy atom. The highest BCUT2D eigenvalue weighted by molar-refractivity contribution is 6.36. The van der Waals surface area contributed by atoms with E-state index in [1.807, 2.05) is 26.0 Å². The van der Waals surface area contributed by atoms with Crippen LogP contribution >= 0.6 is 23.2 Å². The number of carbonyl (C=O) groups excluding carboxylic acids is 1. The molecule has 0 spiro atoms. The number of rotatable bonds is 3. The maximum absolute atomic E-state index is 12.5. The number of likely N-dealkylation sites (N-methyl/N-ethyl adjacent to an activating group) is 1. The largest absolute Gasteiger partial charge is 0.315 e. The minimum atomic E-state index is -0.0445. The summed E-state index contributed by atoms with van der Waals surface area (Å²) in [5.74, 6) is -0.0445. The molecule has 2 aromatic rings. The van der Waals surface area contributed by atoms with Crippen LogP contribution in [0.1, 0.15) is 16.7 Å². The molecule has 0 bridgehead atoms. The normalized spacial score (nSPS) is 10.5. The van der Waals surface area contributed by atoms with Gasteiger partial charge in [-0.1, -0.05) is 47.0 Å². The van der Waals surface area contributed by atoms with Crippen molar-refractivity contribution >= 4 is 34.8 Å². The number of aryl methyl sites for hydroxylation is 2. The Bertz CT molecular complexity index is 662. The Morgan fingerprint density at radius 2 is 1.71 bits per heavy atom. The summed E-state index contributed by atoms with van der Waals surface area (Å²) in [6, 6.07) is 11.3. The Kier molecular flexibility index (Phi) is 4.92. The van der Waals surface area contributed by atoms with Crippen LogP contribution < -0.4 is 4.90 Å². The molecule has 0 aliphatic carbocycles. The summed E-state index contributed by atoms with van der Waals surface area (Å²) in [4.78, 5) is 14.1. The van der Waals surface area contributed by atoms with Gasteiger partial charge in [0.1, 0.15) is 0 Å². The van der Waals surface area contributed by atoms with Crippen molar-refractivity contribution in [3.05, 3.63) is 63.1 Å². The first-order valence-corrected chi connectivity index (χ1v) is 7.42. The van der Waals surface area contributed by atoms with Crippen LogP contribution in [-0.2, 0) is 11.2 Å². The molecule has 2 nitrogen and oxygen atoms in total. The molecule has 110 valence electrons. The summed E-state index contributed by atoms with van der Waals surface area (Å²) in [5.41, 5.74) is 3.80. The molecule has 0 aromatic heterocycles. The predicted molar refractivity (Wildman–Crippen MR) is 89.5 cm³/mol. The monoisotopic (exact) mass is 321 g/mol. The molecule has 0 N–H and O–H groups in total. The highest BCUT2D eigenvalue weighted by atomic mass is 35.5. The molecule has 21 heavy (non-hydrogen) atoms. The van der Waals surface area contributed by atoms with E-state index in [2.05, 4.69) is 6.07 Å². The van der Waals surface area contributed by atoms with Gasteiger partial charge in [-0.2, -0.15) is 0 Å². The topological polar surface area (TPSA) is 20.3 Å². The molecule has 0 radical (unpaired) electrons. The molecule has 0 heterocycles. The second kappa shape index (κ2) is 6.50. The Hall–Kier alpha value is -1.51. The van der Waals surface area contributed by atoms with Crippen molar-refractivity contribution in [2.75, 3.05) is 11.9 Å². The first-order chi connectivity index (χ1) is 9.90. The lowest BCUT2D eigenvalue weighted by atomic mass is 10.1. The first kappa shape index (κ1) is 15.9. The van der Waals surface area contributed by atoms with Crippen LogP contribution in [0.15, 0.2) is 36.4 Å². The highest BCUT2D eigenvalue weighted by Gasteiger charge is 2.16. The molecular formula is C17H17Cl2NO. The number of anilines is 1. The molecular weight excluding hydrogens is 305 g/mol. The fourth-order valence-corrected chi connectivity index (χ4v) is 2.82. The molecule has 0 aliphatic rings. The average molecular weight is 322 g/mol. The van der Waals surface area contributed by atoms with Crippen LogP contribution in [0.25, 0.3) is 0 Å². The van der Waals surface area contributed by atoms with Crippen LogP contribution in [0.4, 0.5) is 5.69 Å². The lowest BCUT2D eigenvalue weighted by molar-refractivity contribution is -0.117. The number of hydrogen-bond acceptors (Lipinski definition) is 1. The van der Waals surface area contributed by atoms with Gasteiger partial charge >= 0.3 is 0 Å². The minimum absolute atomic E-state index is 0.0445. The Labute approximate surface area is 135 Å². The van der Waals surface area contributed by atoms with E-state index in [0.29, 0.717) is 15.6 Å². The van der Waals surface area contributed by atoms with Crippen molar-refractivity contribution in [1.82, 2.24) is 0 Å². The van der Waals surface area contributed by atoms with Crippen molar-refractivity contribution in [2.45, 2.75) is 20.3 Å². The van der Waals surface area contributed by atoms with E-state index in [9.17, 15) is 4.79 Å². The summed E-state index contributed by atoms with van der Waals surface area (Å²) in [6.45, 7) is 4.02. The van der Waals surface area contributed by atoms with Gasteiger partial charge in [0.2, 0.25) is 5.91 Å². The van der Waals surface area contributed by atoms with Crippen LogP contribution in [-0.4, -0.2) is 13.0 Å². The number of hydrogen-bond donors (Lipinski definition) is 0. The third kappa shape index (κ3) is 3.58. The Balaban J connectivity index is 2.24. The van der Waals surface area contributed by atoms with Gasteiger partial charge in [-0.3, -0.25) is 4.79 Å². The van der Waals surface area contributed by atoms with Gasteiger partial charge in [-0.25, -0.2) is 0 Å². The number of benzene rings is 2. The molecule has 0 aliphatic heterocycles. The number of nitrogens with zero attached hydrogens (tertiary/aromatic N) is 1. The van der Waals surface area contributed by atoms with Crippen LogP contribution in [0.5, 0.6) is 0 Å². The third-order valence-electron chi connectivity index (χ3n) is 3.48. The van der Waals surface area contributed by atoms with E-state index in [-0.39, 0.29) is 12.3 Å². The predicted octanol–water partition coefficient (Wildman–Crippen LogP) is 4.82. The zero-order valence-electron chi connectivity index (χ0n) is 12.3. The van der Waals surface area contributed by atoms with Gasteiger partial charge in [-0.05, 0) is 43.2 Å². The zero-order valence-corrected chi connectivity index (χ0v) is 13.8. The molecule has 2 rings (SSSR count). The van der Waals surface area contributed by atoms with E-state index in [1.54, 1.807) is 30.1 Å². The van der Waals surface area contributed by atoms with Crippen LogP contribution in [0.2, 0.25) is 10.0 Å². The van der Waals surface area contributed by atoms with Crippen molar-refractivity contribution in [3.8, 4) is 0 Å². The summed E-state index contributed by atoms with van der Waals surface area (Å²) >= 11 is 12.2. The van der Waals surface area contributed by atoms with Gasteiger partial charge in [0, 0.05) is 22.8 Å². The molecule has 0 saturated heterocycles. The smallest absolute Gasteiger partial charge is 0.231 e. The quantitative estimate of drug-likeness (QED) is 0.794. The fraction of sp³-hybridized carbons (Fsp3) is 0.235. The summed E-state index contributed by atoms with van der Waals surface area (Å²) < 4.78 is 0. The summed E-state index contributed by atoms with van der Waals surface area (Å²) in [7, 11) is 1.77. The van der Waals surface area contributed by atoms with Gasteiger partial charge in [0.25, 0.3) is 0 Å². The van der Waals surface area contributed by atoms with Gasteiger partial charge in [0.05, 0.1) is 6.42 Å². The van der Waals surface area contributed by atoms with Crippen molar-refractivity contribution in [2.24, 2.45) is 0 Å². The number of halogens is 2. The lowest BCUT2D eigenvalue weighted by Crippen LogP contribution is -2.28. The zero-order chi connectivity index (χ0) is 15.6. The minimum Gasteiger partial charge on any atom is -0.315 e. The molecule has 1 amide bonds. The summed E-state index contributed by atoms with van der Waals surface area (Å²) in [5, 5.41) is 1.04. The Morgan fingerprint density at radius 3 is 2.29 bits per heavy atom. The molecule has 0 saturated carbocycles. The molecule has 0 atom stereocenters. The summed E-state index contributed by atoms with van der Waals surface area (Å²) in [6.07, 6.45) is 0.183. The lowest BCUT2D eigenvalue weighted by Gasteiger charge is -2.20. The van der Waals surface area contributed by atoms with E-state index in [1.165, 1.54) is 5.56 Å². The highest BCUT2D eigenvalue weighted by Crippen LogP contribution is 2.26. The van der Waals surface area contributed by atoms with Crippen molar-refractivity contribution < 1.29 is 4.79 Å².